The maximum absolute atomic E-state index is 5.79. The summed E-state index contributed by atoms with van der Waals surface area (Å²) in [5.74, 6) is 3.21. The second kappa shape index (κ2) is 10.5. The van der Waals surface area contributed by atoms with Crippen LogP contribution in [0.25, 0.3) is 0 Å². The molecule has 0 amide bonds. The number of ether oxygens (including phenoxy) is 1. The Balaban J connectivity index is 1.29. The second-order valence-electron chi connectivity index (χ2n) is 8.19. The summed E-state index contributed by atoms with van der Waals surface area (Å²) in [6.07, 6.45) is 9.93. The molecule has 2 fully saturated rings. The highest BCUT2D eigenvalue weighted by atomic mass is 16.5. The fourth-order valence-corrected chi connectivity index (χ4v) is 3.85. The lowest BCUT2D eigenvalue weighted by Crippen LogP contribution is -2.44. The molecule has 2 aromatic heterocycles. The van der Waals surface area contributed by atoms with Crippen molar-refractivity contribution >= 4 is 5.96 Å². The summed E-state index contributed by atoms with van der Waals surface area (Å²) in [6.45, 7) is 4.41. The van der Waals surface area contributed by atoms with Crippen molar-refractivity contribution in [1.29, 1.82) is 0 Å². The molecule has 4 rings (SSSR count). The number of pyridine rings is 1. The first-order valence-electron chi connectivity index (χ1n) is 11.1. The molecule has 1 atom stereocenters. The zero-order valence-corrected chi connectivity index (χ0v) is 17.8. The first-order chi connectivity index (χ1) is 14.8. The summed E-state index contributed by atoms with van der Waals surface area (Å²) in [6, 6.07) is 8.25. The Kier molecular flexibility index (Phi) is 7.24. The van der Waals surface area contributed by atoms with Crippen LogP contribution in [0.15, 0.2) is 46.1 Å². The quantitative estimate of drug-likeness (QED) is 0.487. The summed E-state index contributed by atoms with van der Waals surface area (Å²) >= 11 is 0. The van der Waals surface area contributed by atoms with E-state index < -0.39 is 0 Å². The SMILES string of the molecule is CN=C(NCc1ccnc(OCC2CC2)c1)NCC(c1ccco1)N1CCCCC1. The predicted molar refractivity (Wildman–Crippen MR) is 118 cm³/mol. The number of furan rings is 1. The van der Waals surface area contributed by atoms with Crippen LogP contribution in [-0.4, -0.2) is 49.1 Å². The number of rotatable bonds is 9. The smallest absolute Gasteiger partial charge is 0.213 e. The number of nitrogens with zero attached hydrogens (tertiary/aromatic N) is 3. The fourth-order valence-electron chi connectivity index (χ4n) is 3.85. The Morgan fingerprint density at radius 1 is 1.27 bits per heavy atom. The van der Waals surface area contributed by atoms with Gasteiger partial charge in [0.2, 0.25) is 5.88 Å². The molecule has 7 nitrogen and oxygen atoms in total. The van der Waals surface area contributed by atoms with Crippen LogP contribution < -0.4 is 15.4 Å². The molecule has 162 valence electrons. The Hall–Kier alpha value is -2.54. The molecule has 0 aromatic carbocycles. The average Bonchev–Trinajstić information content (AvgIpc) is 3.47. The summed E-state index contributed by atoms with van der Waals surface area (Å²) in [5.41, 5.74) is 1.12. The Morgan fingerprint density at radius 3 is 2.87 bits per heavy atom. The van der Waals surface area contributed by atoms with E-state index in [-0.39, 0.29) is 6.04 Å². The highest BCUT2D eigenvalue weighted by Crippen LogP contribution is 2.29. The van der Waals surface area contributed by atoms with E-state index >= 15 is 0 Å². The topological polar surface area (TPSA) is 74.9 Å². The van der Waals surface area contributed by atoms with Crippen molar-refractivity contribution in [3.8, 4) is 5.88 Å². The van der Waals surface area contributed by atoms with Crippen LogP contribution in [-0.2, 0) is 6.54 Å². The normalized spacial score (nSPS) is 18.8. The summed E-state index contributed by atoms with van der Waals surface area (Å²) in [4.78, 5) is 11.2. The molecule has 1 unspecified atom stereocenters. The summed E-state index contributed by atoms with van der Waals surface area (Å²) in [5, 5.41) is 6.88. The highest BCUT2D eigenvalue weighted by molar-refractivity contribution is 5.79. The molecule has 2 aromatic rings. The van der Waals surface area contributed by atoms with E-state index in [9.17, 15) is 0 Å². The van der Waals surface area contributed by atoms with Crippen molar-refractivity contribution < 1.29 is 9.15 Å². The van der Waals surface area contributed by atoms with Gasteiger partial charge in [0, 0.05) is 32.4 Å². The minimum atomic E-state index is 0.210. The molecular weight excluding hydrogens is 378 g/mol. The van der Waals surface area contributed by atoms with Gasteiger partial charge in [-0.25, -0.2) is 4.98 Å². The van der Waals surface area contributed by atoms with Gasteiger partial charge >= 0.3 is 0 Å². The number of guanidine groups is 1. The van der Waals surface area contributed by atoms with Crippen molar-refractivity contribution in [2.45, 2.75) is 44.7 Å². The predicted octanol–water partition coefficient (Wildman–Crippen LogP) is 3.36. The van der Waals surface area contributed by atoms with E-state index in [0.717, 1.165) is 49.4 Å². The minimum Gasteiger partial charge on any atom is -0.477 e. The standard InChI is InChI=1S/C23H33N5O2/c1-24-23(26-15-19-9-10-25-22(14-19)30-17-18-7-8-18)27-16-20(21-6-5-13-29-21)28-11-3-2-4-12-28/h5-6,9-10,13-14,18,20H,2-4,7-8,11-12,15-17H2,1H3,(H2,24,26,27). The van der Waals surface area contributed by atoms with Gasteiger partial charge in [0.05, 0.1) is 18.9 Å². The van der Waals surface area contributed by atoms with Gasteiger partial charge in [-0.1, -0.05) is 6.42 Å². The molecule has 1 saturated carbocycles. The van der Waals surface area contributed by atoms with Crippen LogP contribution >= 0.6 is 0 Å². The zero-order valence-electron chi connectivity index (χ0n) is 17.8. The van der Waals surface area contributed by atoms with Crippen LogP contribution in [0.1, 0.15) is 49.5 Å². The Labute approximate surface area is 178 Å². The Bertz CT molecular complexity index is 798. The van der Waals surface area contributed by atoms with Crippen LogP contribution in [0.4, 0.5) is 0 Å². The van der Waals surface area contributed by atoms with E-state index in [4.69, 9.17) is 9.15 Å². The molecule has 1 aliphatic heterocycles. The zero-order chi connectivity index (χ0) is 20.6. The lowest BCUT2D eigenvalue weighted by Gasteiger charge is -2.33. The van der Waals surface area contributed by atoms with Crippen molar-refractivity contribution in [1.82, 2.24) is 20.5 Å². The number of likely N-dealkylation sites (tertiary alicyclic amines) is 1. The fraction of sp³-hybridized carbons (Fsp3) is 0.565. The van der Waals surface area contributed by atoms with Crippen LogP contribution in [0, 0.1) is 5.92 Å². The second-order valence-corrected chi connectivity index (χ2v) is 8.19. The number of piperidine rings is 1. The van der Waals surface area contributed by atoms with Crippen molar-refractivity contribution in [2.24, 2.45) is 10.9 Å². The van der Waals surface area contributed by atoms with Gasteiger partial charge in [-0.05, 0) is 68.5 Å². The van der Waals surface area contributed by atoms with E-state index in [2.05, 4.69) is 31.6 Å². The minimum absolute atomic E-state index is 0.210. The summed E-state index contributed by atoms with van der Waals surface area (Å²) in [7, 11) is 1.80. The number of hydrogen-bond donors (Lipinski definition) is 2. The molecule has 3 heterocycles. The molecule has 30 heavy (non-hydrogen) atoms. The van der Waals surface area contributed by atoms with Gasteiger partial charge in [-0.3, -0.25) is 9.89 Å². The molecule has 1 saturated heterocycles. The maximum atomic E-state index is 5.79. The average molecular weight is 412 g/mol. The molecule has 7 heteroatoms. The van der Waals surface area contributed by atoms with Crippen LogP contribution in [0.3, 0.4) is 0 Å². The van der Waals surface area contributed by atoms with Gasteiger partial charge in [0.25, 0.3) is 0 Å². The third-order valence-corrected chi connectivity index (χ3v) is 5.81. The van der Waals surface area contributed by atoms with Gasteiger partial charge in [0.15, 0.2) is 5.96 Å². The maximum Gasteiger partial charge on any atom is 0.213 e. The van der Waals surface area contributed by atoms with Crippen molar-refractivity contribution in [3.05, 3.63) is 48.0 Å². The van der Waals surface area contributed by atoms with E-state index in [1.165, 1.54) is 32.1 Å². The number of aromatic nitrogens is 1. The van der Waals surface area contributed by atoms with E-state index in [0.29, 0.717) is 12.4 Å². The largest absolute Gasteiger partial charge is 0.477 e. The first kappa shape index (κ1) is 20.7. The van der Waals surface area contributed by atoms with Gasteiger partial charge < -0.3 is 19.8 Å². The van der Waals surface area contributed by atoms with E-state index in [1.54, 1.807) is 19.5 Å². The van der Waals surface area contributed by atoms with Gasteiger partial charge in [-0.15, -0.1) is 0 Å². The van der Waals surface area contributed by atoms with Gasteiger partial charge in [-0.2, -0.15) is 0 Å². The number of nitrogens with one attached hydrogen (secondary N) is 2. The molecule has 1 aliphatic carbocycles. The van der Waals surface area contributed by atoms with Gasteiger partial charge in [0.1, 0.15) is 5.76 Å². The number of hydrogen-bond acceptors (Lipinski definition) is 5. The molecule has 2 aliphatic rings. The molecule has 0 radical (unpaired) electrons. The highest BCUT2D eigenvalue weighted by Gasteiger charge is 2.24. The molecule has 2 N–H and O–H groups in total. The van der Waals surface area contributed by atoms with Crippen molar-refractivity contribution in [2.75, 3.05) is 33.3 Å². The van der Waals surface area contributed by atoms with E-state index in [1.807, 2.05) is 18.2 Å². The third-order valence-electron chi connectivity index (χ3n) is 5.81. The van der Waals surface area contributed by atoms with Crippen LogP contribution in [0.2, 0.25) is 0 Å². The number of aliphatic imine (C=N–C) groups is 1. The monoisotopic (exact) mass is 411 g/mol. The first-order valence-corrected chi connectivity index (χ1v) is 11.1. The lowest BCUT2D eigenvalue weighted by atomic mass is 10.1. The third kappa shape index (κ3) is 5.98. The Morgan fingerprint density at radius 2 is 2.13 bits per heavy atom. The lowest BCUT2D eigenvalue weighted by molar-refractivity contribution is 0.146. The summed E-state index contributed by atoms with van der Waals surface area (Å²) < 4.78 is 11.5. The van der Waals surface area contributed by atoms with Crippen LogP contribution in [0.5, 0.6) is 5.88 Å². The van der Waals surface area contributed by atoms with Crippen molar-refractivity contribution in [3.63, 3.8) is 0 Å². The molecule has 0 bridgehead atoms. The molecular formula is C23H33N5O2. The molecule has 0 spiro atoms.